The maximum atomic E-state index is 14.7. The molecule has 1 atom stereocenters. The molecule has 42 heavy (non-hydrogen) atoms. The molecule has 0 fully saturated rings. The Morgan fingerprint density at radius 3 is 2.38 bits per heavy atom. The summed E-state index contributed by atoms with van der Waals surface area (Å²) < 4.78 is 67.9. The molecule has 2 aromatic carbocycles. The van der Waals surface area contributed by atoms with Gasteiger partial charge in [-0.2, -0.15) is 18.4 Å². The lowest BCUT2D eigenvalue weighted by atomic mass is 10.1. The number of nitriles is 1. The predicted octanol–water partition coefficient (Wildman–Crippen LogP) is 5.46. The highest BCUT2D eigenvalue weighted by Crippen LogP contribution is 2.33. The van der Waals surface area contributed by atoms with Crippen LogP contribution in [-0.4, -0.2) is 27.4 Å². The van der Waals surface area contributed by atoms with Gasteiger partial charge in [0.05, 0.1) is 24.7 Å². The van der Waals surface area contributed by atoms with Crippen LogP contribution in [0.1, 0.15) is 49.2 Å². The Labute approximate surface area is 246 Å². The number of benzene rings is 2. The number of carbonyl (C=O) groups excluding carboxylic acids is 1. The van der Waals surface area contributed by atoms with Gasteiger partial charge in [-0.15, -0.1) is 0 Å². The van der Waals surface area contributed by atoms with Crippen molar-refractivity contribution < 1.29 is 31.8 Å². The first-order valence-corrected chi connectivity index (χ1v) is 13.3. The predicted molar refractivity (Wildman–Crippen MR) is 148 cm³/mol. The highest BCUT2D eigenvalue weighted by atomic mass is 79.9. The maximum absolute atomic E-state index is 14.7. The molecule has 0 saturated carbocycles. The molecule has 1 heterocycles. The zero-order valence-corrected chi connectivity index (χ0v) is 24.6. The molecule has 1 amide bonds. The van der Waals surface area contributed by atoms with Gasteiger partial charge in [0, 0.05) is 16.8 Å². The third-order valence-electron chi connectivity index (χ3n) is 6.00. The van der Waals surface area contributed by atoms with Gasteiger partial charge >= 0.3 is 18.0 Å². The largest absolute Gasteiger partial charge is 0.478 e. The highest BCUT2D eigenvalue weighted by molar-refractivity contribution is 9.10. The van der Waals surface area contributed by atoms with E-state index in [2.05, 4.69) is 21.2 Å². The standard InChI is InChI=1S/C28H27BrF4N4O5/c1-16-23(29)24(38)37(26(40)36(16)14-18-19(28(31,32)33)9-7-10-20(18)30)15-21(35-25(39)42-27(2,3)4)17-8-5-6-11-22(17)41-13-12-34/h5-11,21H,13-15H2,1-4H3,(H,35,39). The topological polar surface area (TPSA) is 115 Å². The first kappa shape index (κ1) is 32.4. The first-order valence-electron chi connectivity index (χ1n) is 12.5. The third-order valence-corrected chi connectivity index (χ3v) is 6.91. The molecule has 9 nitrogen and oxygen atoms in total. The third kappa shape index (κ3) is 7.58. The van der Waals surface area contributed by atoms with Crippen molar-refractivity contribution in [2.75, 3.05) is 6.61 Å². The van der Waals surface area contributed by atoms with Crippen molar-refractivity contribution >= 4 is 22.0 Å². The number of nitrogens with zero attached hydrogens (tertiary/aromatic N) is 3. The number of hydrogen-bond donors (Lipinski definition) is 1. The highest BCUT2D eigenvalue weighted by Gasteiger charge is 2.35. The van der Waals surface area contributed by atoms with Gasteiger partial charge in [-0.05, 0) is 61.8 Å². The van der Waals surface area contributed by atoms with Crippen molar-refractivity contribution in [3.05, 3.63) is 96.0 Å². The SMILES string of the molecule is Cc1c(Br)c(=O)n(CC(NC(=O)OC(C)(C)C)c2ccccc2OCC#N)c(=O)n1Cc1c(F)cccc1C(F)(F)F. The van der Waals surface area contributed by atoms with Gasteiger partial charge in [0.15, 0.2) is 6.61 Å². The average Bonchev–Trinajstić information content (AvgIpc) is 2.89. The van der Waals surface area contributed by atoms with Gasteiger partial charge in [0.1, 0.15) is 27.7 Å². The van der Waals surface area contributed by atoms with Crippen molar-refractivity contribution in [1.82, 2.24) is 14.5 Å². The van der Waals surface area contributed by atoms with Crippen LogP contribution in [0.25, 0.3) is 0 Å². The summed E-state index contributed by atoms with van der Waals surface area (Å²) in [6, 6.07) is 9.38. The Morgan fingerprint density at radius 1 is 1.10 bits per heavy atom. The van der Waals surface area contributed by atoms with Crippen molar-refractivity contribution in [3.8, 4) is 11.8 Å². The molecule has 0 bridgehead atoms. The van der Waals surface area contributed by atoms with Crippen LogP contribution < -0.4 is 21.3 Å². The molecule has 0 aliphatic rings. The van der Waals surface area contributed by atoms with Crippen LogP contribution in [0.4, 0.5) is 22.4 Å². The van der Waals surface area contributed by atoms with E-state index < -0.39 is 65.2 Å². The zero-order valence-electron chi connectivity index (χ0n) is 23.0. The first-order chi connectivity index (χ1) is 19.5. The Hall–Kier alpha value is -4.12. The quantitative estimate of drug-likeness (QED) is 0.323. The second-order valence-electron chi connectivity index (χ2n) is 10.1. The lowest BCUT2D eigenvalue weighted by molar-refractivity contribution is -0.138. The van der Waals surface area contributed by atoms with Crippen molar-refractivity contribution in [3.63, 3.8) is 0 Å². The summed E-state index contributed by atoms with van der Waals surface area (Å²) >= 11 is 3.11. The van der Waals surface area contributed by atoms with Crippen LogP contribution in [-0.2, 0) is 24.0 Å². The van der Waals surface area contributed by atoms with Crippen LogP contribution in [0, 0.1) is 24.1 Å². The van der Waals surface area contributed by atoms with Gasteiger partial charge in [0.2, 0.25) is 0 Å². The van der Waals surface area contributed by atoms with Crippen LogP contribution in [0.2, 0.25) is 0 Å². The molecule has 0 saturated heterocycles. The number of nitrogens with one attached hydrogen (secondary N) is 1. The normalized spacial score (nSPS) is 12.4. The van der Waals surface area contributed by atoms with Crippen molar-refractivity contribution in [2.24, 2.45) is 0 Å². The number of aromatic nitrogens is 2. The molecule has 1 N–H and O–H groups in total. The van der Waals surface area contributed by atoms with E-state index >= 15 is 0 Å². The molecule has 1 unspecified atom stereocenters. The lowest BCUT2D eigenvalue weighted by Crippen LogP contribution is -2.45. The summed E-state index contributed by atoms with van der Waals surface area (Å²) in [6.07, 6.45) is -5.81. The fourth-order valence-electron chi connectivity index (χ4n) is 4.12. The van der Waals surface area contributed by atoms with Crippen molar-refractivity contribution in [2.45, 2.75) is 58.6 Å². The molecule has 14 heteroatoms. The molecular formula is C28H27BrF4N4O5. The number of hydrogen-bond acceptors (Lipinski definition) is 6. The van der Waals surface area contributed by atoms with E-state index in [4.69, 9.17) is 14.7 Å². The van der Waals surface area contributed by atoms with Crippen LogP contribution in [0.5, 0.6) is 5.75 Å². The van der Waals surface area contributed by atoms with Crippen LogP contribution in [0.15, 0.2) is 56.5 Å². The van der Waals surface area contributed by atoms with E-state index in [1.54, 1.807) is 32.9 Å². The minimum Gasteiger partial charge on any atom is -0.478 e. The van der Waals surface area contributed by atoms with E-state index in [-0.39, 0.29) is 28.1 Å². The molecule has 0 aliphatic carbocycles. The monoisotopic (exact) mass is 654 g/mol. The van der Waals surface area contributed by atoms with Gasteiger partial charge < -0.3 is 14.8 Å². The van der Waals surface area contributed by atoms with Crippen LogP contribution in [0.3, 0.4) is 0 Å². The number of ether oxygens (including phenoxy) is 2. The summed E-state index contributed by atoms with van der Waals surface area (Å²) in [6.45, 7) is 4.51. The summed E-state index contributed by atoms with van der Waals surface area (Å²) in [5.74, 6) is -1.01. The number of alkyl halides is 3. The van der Waals surface area contributed by atoms with E-state index in [1.807, 2.05) is 6.07 Å². The second kappa shape index (κ2) is 12.8. The number of para-hydroxylation sites is 1. The van der Waals surface area contributed by atoms with Crippen LogP contribution >= 0.6 is 15.9 Å². The number of carbonyl (C=O) groups is 1. The van der Waals surface area contributed by atoms with Crippen molar-refractivity contribution in [1.29, 1.82) is 5.26 Å². The van der Waals surface area contributed by atoms with Gasteiger partial charge in [-0.25, -0.2) is 14.0 Å². The summed E-state index contributed by atoms with van der Waals surface area (Å²) in [7, 11) is 0. The Kier molecular flexibility index (Phi) is 9.88. The Balaban J connectivity index is 2.18. The van der Waals surface area contributed by atoms with E-state index in [1.165, 1.54) is 19.1 Å². The summed E-state index contributed by atoms with van der Waals surface area (Å²) in [5.41, 5.74) is -4.61. The van der Waals surface area contributed by atoms with Gasteiger partial charge in [-0.1, -0.05) is 24.3 Å². The molecule has 3 aromatic rings. The van der Waals surface area contributed by atoms with Gasteiger partial charge in [0.25, 0.3) is 5.56 Å². The molecule has 224 valence electrons. The molecule has 0 radical (unpaired) electrons. The van der Waals surface area contributed by atoms with E-state index in [0.29, 0.717) is 10.6 Å². The molecule has 3 rings (SSSR count). The minimum absolute atomic E-state index is 0.0352. The molecule has 0 aliphatic heterocycles. The number of amides is 1. The summed E-state index contributed by atoms with van der Waals surface area (Å²) in [5, 5.41) is 11.6. The fraction of sp³-hybridized carbons (Fsp3) is 0.357. The second-order valence-corrected chi connectivity index (χ2v) is 10.9. The smallest absolute Gasteiger partial charge is 0.416 e. The van der Waals surface area contributed by atoms with Gasteiger partial charge in [-0.3, -0.25) is 13.9 Å². The van der Waals surface area contributed by atoms with E-state index in [0.717, 1.165) is 16.7 Å². The Bertz CT molecular complexity index is 1640. The van der Waals surface area contributed by atoms with E-state index in [9.17, 15) is 31.9 Å². The fourth-order valence-corrected chi connectivity index (χ4v) is 4.55. The molecule has 1 aromatic heterocycles. The Morgan fingerprint density at radius 2 is 1.76 bits per heavy atom. The number of alkyl carbamates (subject to hydrolysis) is 1. The lowest BCUT2D eigenvalue weighted by Gasteiger charge is -2.26. The molecular weight excluding hydrogens is 628 g/mol. The maximum Gasteiger partial charge on any atom is 0.416 e. The zero-order chi connectivity index (χ0) is 31.4. The average molecular weight is 655 g/mol. The number of halogens is 5. The minimum atomic E-state index is -4.91. The summed E-state index contributed by atoms with van der Waals surface area (Å²) in [4.78, 5) is 39.7. The molecule has 0 spiro atoms. The number of rotatable bonds is 8.